The fraction of sp³-hybridized carbons (Fsp3) is 0.364. The summed E-state index contributed by atoms with van der Waals surface area (Å²) in [5, 5.41) is 5.72. The van der Waals surface area contributed by atoms with Gasteiger partial charge in [-0.1, -0.05) is 0 Å². The lowest BCUT2D eigenvalue weighted by Gasteiger charge is -2.07. The second kappa shape index (κ2) is 5.67. The molecule has 6 heteroatoms. The van der Waals surface area contributed by atoms with Crippen LogP contribution in [0.5, 0.6) is 0 Å². The number of amides is 1. The predicted octanol–water partition coefficient (Wildman–Crippen LogP) is 0.638. The zero-order valence-corrected chi connectivity index (χ0v) is 10.7. The number of nitrogens with one attached hydrogen (secondary N) is 2. The van der Waals surface area contributed by atoms with Crippen LogP contribution in [-0.4, -0.2) is 33.7 Å². The molecule has 0 aliphatic rings. The molecule has 0 saturated heterocycles. The van der Waals surface area contributed by atoms with E-state index in [1.165, 1.54) is 13.2 Å². The summed E-state index contributed by atoms with van der Waals surface area (Å²) in [7, 11) is -3.14. The Bertz CT molecular complexity index is 480. The third kappa shape index (κ3) is 4.86. The van der Waals surface area contributed by atoms with Gasteiger partial charge in [-0.15, -0.1) is 0 Å². The Kier molecular flexibility index (Phi) is 4.51. The van der Waals surface area contributed by atoms with E-state index in [1.54, 1.807) is 24.3 Å². The molecule has 0 bridgehead atoms. The van der Waals surface area contributed by atoms with Gasteiger partial charge in [0.05, 0.1) is 4.90 Å². The van der Waals surface area contributed by atoms with Gasteiger partial charge in [0.25, 0.3) is 0 Å². The molecule has 1 amide bonds. The summed E-state index contributed by atoms with van der Waals surface area (Å²) >= 11 is 0. The zero-order chi connectivity index (χ0) is 12.9. The molecule has 0 heterocycles. The van der Waals surface area contributed by atoms with Crippen LogP contribution >= 0.6 is 0 Å². The molecular formula is C11H16N2O3S. The van der Waals surface area contributed by atoms with Gasteiger partial charge in [-0.2, -0.15) is 0 Å². The third-order valence-electron chi connectivity index (χ3n) is 2.11. The maximum absolute atomic E-state index is 11.2. The van der Waals surface area contributed by atoms with E-state index in [4.69, 9.17) is 0 Å². The maximum Gasteiger partial charge on any atom is 0.216 e. The van der Waals surface area contributed by atoms with Gasteiger partial charge in [0.15, 0.2) is 9.84 Å². The zero-order valence-electron chi connectivity index (χ0n) is 9.86. The van der Waals surface area contributed by atoms with E-state index in [0.29, 0.717) is 18.0 Å². The number of hydrogen-bond donors (Lipinski definition) is 2. The lowest BCUT2D eigenvalue weighted by atomic mass is 10.3. The van der Waals surface area contributed by atoms with Gasteiger partial charge in [-0.25, -0.2) is 8.42 Å². The van der Waals surface area contributed by atoms with Crippen molar-refractivity contribution in [3.63, 3.8) is 0 Å². The summed E-state index contributed by atoms with van der Waals surface area (Å²) in [6, 6.07) is 6.50. The molecule has 94 valence electrons. The fourth-order valence-electron chi connectivity index (χ4n) is 1.27. The van der Waals surface area contributed by atoms with E-state index in [2.05, 4.69) is 10.6 Å². The molecule has 0 atom stereocenters. The Labute approximate surface area is 101 Å². The van der Waals surface area contributed by atoms with Gasteiger partial charge in [-0.05, 0) is 24.3 Å². The quantitative estimate of drug-likeness (QED) is 0.758. The van der Waals surface area contributed by atoms with Crippen molar-refractivity contribution in [2.45, 2.75) is 11.8 Å². The van der Waals surface area contributed by atoms with Crippen molar-refractivity contribution in [1.29, 1.82) is 0 Å². The average Bonchev–Trinajstić information content (AvgIpc) is 2.23. The highest BCUT2D eigenvalue weighted by molar-refractivity contribution is 7.90. The summed E-state index contributed by atoms with van der Waals surface area (Å²) in [4.78, 5) is 10.9. The minimum atomic E-state index is -3.14. The molecule has 17 heavy (non-hydrogen) atoms. The monoisotopic (exact) mass is 256 g/mol. The lowest BCUT2D eigenvalue weighted by molar-refractivity contribution is -0.118. The number of carbonyl (C=O) groups is 1. The van der Waals surface area contributed by atoms with E-state index < -0.39 is 9.84 Å². The topological polar surface area (TPSA) is 75.3 Å². The first-order valence-corrected chi connectivity index (χ1v) is 7.07. The summed E-state index contributed by atoms with van der Waals surface area (Å²) in [5.41, 5.74) is 0.822. The number of anilines is 1. The molecule has 0 radical (unpaired) electrons. The van der Waals surface area contributed by atoms with Gasteiger partial charge in [0, 0.05) is 32.0 Å². The van der Waals surface area contributed by atoms with Crippen LogP contribution in [0.2, 0.25) is 0 Å². The molecule has 0 fully saturated rings. The molecule has 0 spiro atoms. The van der Waals surface area contributed by atoms with E-state index in [1.807, 2.05) is 0 Å². The van der Waals surface area contributed by atoms with Crippen LogP contribution in [0.25, 0.3) is 0 Å². The Morgan fingerprint density at radius 2 is 1.76 bits per heavy atom. The number of sulfone groups is 1. The summed E-state index contributed by atoms with van der Waals surface area (Å²) in [6.45, 7) is 2.59. The largest absolute Gasteiger partial charge is 0.383 e. The fourth-order valence-corrected chi connectivity index (χ4v) is 1.90. The molecule has 0 aliphatic carbocycles. The number of rotatable bonds is 5. The highest BCUT2D eigenvalue weighted by Crippen LogP contribution is 2.13. The molecule has 0 unspecified atom stereocenters. The van der Waals surface area contributed by atoms with Crippen LogP contribution in [0, 0.1) is 0 Å². The smallest absolute Gasteiger partial charge is 0.216 e. The van der Waals surface area contributed by atoms with E-state index in [9.17, 15) is 13.2 Å². The van der Waals surface area contributed by atoms with Crippen molar-refractivity contribution in [3.05, 3.63) is 24.3 Å². The van der Waals surface area contributed by atoms with Gasteiger partial charge in [-0.3, -0.25) is 4.79 Å². The first kappa shape index (κ1) is 13.5. The summed E-state index contributed by atoms with van der Waals surface area (Å²) in [6.07, 6.45) is 1.17. The van der Waals surface area contributed by atoms with Crippen molar-refractivity contribution in [2.75, 3.05) is 24.7 Å². The molecule has 1 rings (SSSR count). The molecule has 1 aromatic carbocycles. The van der Waals surface area contributed by atoms with E-state index in [0.717, 1.165) is 5.69 Å². The van der Waals surface area contributed by atoms with Crippen LogP contribution in [0.1, 0.15) is 6.92 Å². The van der Waals surface area contributed by atoms with Crippen molar-refractivity contribution >= 4 is 21.4 Å². The van der Waals surface area contributed by atoms with Crippen molar-refractivity contribution in [2.24, 2.45) is 0 Å². The van der Waals surface area contributed by atoms with Gasteiger partial charge in [0.1, 0.15) is 0 Å². The third-order valence-corrected chi connectivity index (χ3v) is 3.24. The second-order valence-corrected chi connectivity index (χ2v) is 5.72. The normalized spacial score (nSPS) is 10.9. The van der Waals surface area contributed by atoms with Gasteiger partial charge >= 0.3 is 0 Å². The summed E-state index contributed by atoms with van der Waals surface area (Å²) in [5.74, 6) is -0.0702. The standard InChI is InChI=1S/C11H16N2O3S/c1-9(14)12-7-8-13-10-3-5-11(6-4-10)17(2,15)16/h3-6,13H,7-8H2,1-2H3,(H,12,14). The van der Waals surface area contributed by atoms with Crippen LogP contribution in [0.4, 0.5) is 5.69 Å². The first-order chi connectivity index (χ1) is 7.89. The first-order valence-electron chi connectivity index (χ1n) is 5.18. The number of carbonyl (C=O) groups excluding carboxylic acids is 1. The average molecular weight is 256 g/mol. The van der Waals surface area contributed by atoms with Crippen LogP contribution in [-0.2, 0) is 14.6 Å². The highest BCUT2D eigenvalue weighted by Gasteiger charge is 2.05. The van der Waals surface area contributed by atoms with Crippen LogP contribution in [0.15, 0.2) is 29.2 Å². The van der Waals surface area contributed by atoms with Crippen LogP contribution in [0.3, 0.4) is 0 Å². The Morgan fingerprint density at radius 3 is 2.24 bits per heavy atom. The molecular weight excluding hydrogens is 240 g/mol. The minimum Gasteiger partial charge on any atom is -0.383 e. The van der Waals surface area contributed by atoms with Gasteiger partial charge < -0.3 is 10.6 Å². The van der Waals surface area contributed by atoms with Crippen molar-refractivity contribution in [1.82, 2.24) is 5.32 Å². The van der Waals surface area contributed by atoms with E-state index >= 15 is 0 Å². The van der Waals surface area contributed by atoms with E-state index in [-0.39, 0.29) is 5.91 Å². The Hall–Kier alpha value is -1.56. The number of benzene rings is 1. The molecule has 2 N–H and O–H groups in total. The van der Waals surface area contributed by atoms with Crippen molar-refractivity contribution in [3.8, 4) is 0 Å². The molecule has 0 aliphatic heterocycles. The molecule has 1 aromatic rings. The molecule has 5 nitrogen and oxygen atoms in total. The predicted molar refractivity (Wildman–Crippen MR) is 66.7 cm³/mol. The minimum absolute atomic E-state index is 0.0702. The lowest BCUT2D eigenvalue weighted by Crippen LogP contribution is -2.26. The SMILES string of the molecule is CC(=O)NCCNc1ccc(S(C)(=O)=O)cc1. The van der Waals surface area contributed by atoms with Crippen LogP contribution < -0.4 is 10.6 Å². The van der Waals surface area contributed by atoms with Crippen molar-refractivity contribution < 1.29 is 13.2 Å². The number of hydrogen-bond acceptors (Lipinski definition) is 4. The molecule has 0 saturated carbocycles. The summed E-state index contributed by atoms with van der Waals surface area (Å²) < 4.78 is 22.4. The Balaban J connectivity index is 2.49. The van der Waals surface area contributed by atoms with Gasteiger partial charge in [0.2, 0.25) is 5.91 Å². The highest BCUT2D eigenvalue weighted by atomic mass is 32.2. The Morgan fingerprint density at radius 1 is 1.18 bits per heavy atom. The second-order valence-electron chi connectivity index (χ2n) is 3.71. The molecule has 0 aromatic heterocycles. The maximum atomic E-state index is 11.2.